The van der Waals surface area contributed by atoms with Gasteiger partial charge in [-0.25, -0.2) is 17.9 Å². The molecule has 7 nitrogen and oxygen atoms in total. The van der Waals surface area contributed by atoms with Gasteiger partial charge in [-0.1, -0.05) is 30.3 Å². The van der Waals surface area contributed by atoms with E-state index >= 15 is 0 Å². The highest BCUT2D eigenvalue weighted by atomic mass is 32.2. The van der Waals surface area contributed by atoms with Crippen LogP contribution in [0.2, 0.25) is 0 Å². The Balaban J connectivity index is 1.87. The molecule has 2 aromatic carbocycles. The topological polar surface area (TPSA) is 109 Å². The Morgan fingerprint density at radius 3 is 2.44 bits per heavy atom. The fourth-order valence-electron chi connectivity index (χ4n) is 2.47. The lowest BCUT2D eigenvalue weighted by Gasteiger charge is -2.14. The minimum Gasteiger partial charge on any atom is -0.478 e. The Morgan fingerprint density at radius 2 is 1.78 bits per heavy atom. The Morgan fingerprint density at radius 1 is 1.00 bits per heavy atom. The minimum atomic E-state index is -3.94. The van der Waals surface area contributed by atoms with Gasteiger partial charge in [0.2, 0.25) is 10.0 Å². The number of benzene rings is 2. The molecule has 0 fully saturated rings. The maximum Gasteiger partial charge on any atom is 0.335 e. The largest absolute Gasteiger partial charge is 0.478 e. The molecular formula is C19H18N2O5S. The number of hydrogen-bond donors (Lipinski definition) is 3. The van der Waals surface area contributed by atoms with Gasteiger partial charge in [0, 0.05) is 6.54 Å². The Labute approximate surface area is 156 Å². The summed E-state index contributed by atoms with van der Waals surface area (Å²) >= 11 is 0. The second-order valence-corrected chi connectivity index (χ2v) is 7.49. The van der Waals surface area contributed by atoms with Gasteiger partial charge in [0.05, 0.1) is 24.1 Å². The first-order valence-electron chi connectivity index (χ1n) is 8.13. The molecule has 3 aromatic rings. The van der Waals surface area contributed by atoms with Crippen molar-refractivity contribution in [3.05, 3.63) is 83.8 Å². The molecule has 1 heterocycles. The number of sulfonamides is 1. The number of aromatic carboxylic acids is 1. The number of hydrogen-bond acceptors (Lipinski definition) is 5. The first-order chi connectivity index (χ1) is 13.0. The van der Waals surface area contributed by atoms with Crippen molar-refractivity contribution in [2.45, 2.75) is 18.0 Å². The predicted molar refractivity (Wildman–Crippen MR) is 99.9 cm³/mol. The summed E-state index contributed by atoms with van der Waals surface area (Å²) in [7, 11) is -3.94. The van der Waals surface area contributed by atoms with E-state index in [4.69, 9.17) is 4.42 Å². The first kappa shape index (κ1) is 18.7. The SMILES string of the molecule is O=C(O)c1ccc(NCc2ccco2)c(S(=O)(=O)NCc2ccccc2)c1. The molecule has 0 saturated carbocycles. The zero-order valence-corrected chi connectivity index (χ0v) is 15.1. The van der Waals surface area contributed by atoms with E-state index < -0.39 is 16.0 Å². The minimum absolute atomic E-state index is 0.0953. The van der Waals surface area contributed by atoms with Crippen molar-refractivity contribution in [3.8, 4) is 0 Å². The molecule has 27 heavy (non-hydrogen) atoms. The van der Waals surface area contributed by atoms with Gasteiger partial charge in [-0.05, 0) is 35.9 Å². The maximum absolute atomic E-state index is 12.8. The van der Waals surface area contributed by atoms with Gasteiger partial charge in [-0.2, -0.15) is 0 Å². The molecule has 0 aliphatic heterocycles. The van der Waals surface area contributed by atoms with Crippen LogP contribution in [0.5, 0.6) is 0 Å². The molecule has 8 heteroatoms. The van der Waals surface area contributed by atoms with Crippen LogP contribution in [0.4, 0.5) is 5.69 Å². The Hall–Kier alpha value is -3.10. The Kier molecular flexibility index (Phi) is 5.58. The van der Waals surface area contributed by atoms with Crippen molar-refractivity contribution < 1.29 is 22.7 Å². The van der Waals surface area contributed by atoms with Crippen LogP contribution in [-0.4, -0.2) is 19.5 Å². The van der Waals surface area contributed by atoms with Crippen molar-refractivity contribution in [1.82, 2.24) is 4.72 Å². The number of carboxylic acid groups (broad SMARTS) is 1. The predicted octanol–water partition coefficient (Wildman–Crippen LogP) is 3.07. The summed E-state index contributed by atoms with van der Waals surface area (Å²) in [5.41, 5.74) is 0.969. The fourth-order valence-corrected chi connectivity index (χ4v) is 3.70. The van der Waals surface area contributed by atoms with Crippen LogP contribution in [0.3, 0.4) is 0 Å². The lowest BCUT2D eigenvalue weighted by atomic mass is 10.2. The van der Waals surface area contributed by atoms with Crippen LogP contribution in [-0.2, 0) is 23.1 Å². The summed E-state index contributed by atoms with van der Waals surface area (Å²) < 4.78 is 33.3. The van der Waals surface area contributed by atoms with Crippen LogP contribution in [0.1, 0.15) is 21.7 Å². The van der Waals surface area contributed by atoms with Crippen molar-refractivity contribution in [1.29, 1.82) is 0 Å². The van der Waals surface area contributed by atoms with Gasteiger partial charge in [0.25, 0.3) is 0 Å². The number of rotatable bonds is 8. The number of furan rings is 1. The number of carbonyl (C=O) groups is 1. The van der Waals surface area contributed by atoms with Crippen molar-refractivity contribution in [3.63, 3.8) is 0 Å². The molecule has 0 aliphatic rings. The van der Waals surface area contributed by atoms with E-state index in [1.807, 2.05) is 18.2 Å². The van der Waals surface area contributed by atoms with Crippen molar-refractivity contribution >= 4 is 21.7 Å². The lowest BCUT2D eigenvalue weighted by molar-refractivity contribution is 0.0696. The molecule has 0 amide bonds. The quantitative estimate of drug-likeness (QED) is 0.549. The van der Waals surface area contributed by atoms with Crippen molar-refractivity contribution in [2.24, 2.45) is 0 Å². The molecule has 0 aliphatic carbocycles. The second kappa shape index (κ2) is 8.07. The lowest BCUT2D eigenvalue weighted by Crippen LogP contribution is -2.24. The summed E-state index contributed by atoms with van der Waals surface area (Å²) in [5, 5.41) is 12.2. The van der Waals surface area contributed by atoms with Gasteiger partial charge < -0.3 is 14.8 Å². The van der Waals surface area contributed by atoms with Crippen LogP contribution >= 0.6 is 0 Å². The standard InChI is InChI=1S/C19H18N2O5S/c22-19(23)15-8-9-17(20-13-16-7-4-10-26-16)18(11-15)27(24,25)21-12-14-5-2-1-3-6-14/h1-11,20-21H,12-13H2,(H,22,23). The molecule has 0 unspecified atom stereocenters. The molecule has 140 valence electrons. The Bertz CT molecular complexity index is 1020. The third-order valence-electron chi connectivity index (χ3n) is 3.86. The summed E-state index contributed by atoms with van der Waals surface area (Å²) in [5.74, 6) is -0.579. The normalized spacial score (nSPS) is 11.3. The van der Waals surface area contributed by atoms with Gasteiger partial charge in [0.1, 0.15) is 10.7 Å². The molecule has 0 bridgehead atoms. The molecule has 3 N–H and O–H groups in total. The maximum atomic E-state index is 12.8. The van der Waals surface area contributed by atoms with E-state index in [0.717, 1.165) is 11.6 Å². The van der Waals surface area contributed by atoms with E-state index in [2.05, 4.69) is 10.0 Å². The van der Waals surface area contributed by atoms with Crippen molar-refractivity contribution in [2.75, 3.05) is 5.32 Å². The molecule has 3 rings (SSSR count). The van der Waals surface area contributed by atoms with E-state index in [1.54, 1.807) is 24.3 Å². The average Bonchev–Trinajstić information content (AvgIpc) is 3.19. The highest BCUT2D eigenvalue weighted by Gasteiger charge is 2.21. The monoisotopic (exact) mass is 386 g/mol. The molecule has 1 aromatic heterocycles. The molecule has 0 radical (unpaired) electrons. The van der Waals surface area contributed by atoms with Gasteiger partial charge >= 0.3 is 5.97 Å². The number of anilines is 1. The molecule has 0 spiro atoms. The summed E-state index contributed by atoms with van der Waals surface area (Å²) in [6.07, 6.45) is 1.52. The number of nitrogens with one attached hydrogen (secondary N) is 2. The highest BCUT2D eigenvalue weighted by Crippen LogP contribution is 2.24. The smallest absolute Gasteiger partial charge is 0.335 e. The zero-order valence-electron chi connectivity index (χ0n) is 14.3. The summed E-state index contributed by atoms with van der Waals surface area (Å²) in [4.78, 5) is 11.1. The molecule has 0 saturated heterocycles. The molecular weight excluding hydrogens is 368 g/mol. The van der Waals surface area contributed by atoms with Gasteiger partial charge in [-0.3, -0.25) is 0 Å². The highest BCUT2D eigenvalue weighted by molar-refractivity contribution is 7.89. The van der Waals surface area contributed by atoms with Crippen LogP contribution < -0.4 is 10.0 Å². The van der Waals surface area contributed by atoms with Crippen LogP contribution in [0.25, 0.3) is 0 Å². The fraction of sp³-hybridized carbons (Fsp3) is 0.105. The van der Waals surface area contributed by atoms with E-state index in [-0.39, 0.29) is 29.2 Å². The number of carboxylic acids is 1. The van der Waals surface area contributed by atoms with Gasteiger partial charge in [-0.15, -0.1) is 0 Å². The summed E-state index contributed by atoms with van der Waals surface area (Å²) in [6, 6.07) is 16.5. The second-order valence-electron chi connectivity index (χ2n) is 5.76. The van der Waals surface area contributed by atoms with E-state index in [0.29, 0.717) is 5.76 Å². The van der Waals surface area contributed by atoms with Gasteiger partial charge in [0.15, 0.2) is 0 Å². The zero-order chi connectivity index (χ0) is 19.3. The average molecular weight is 386 g/mol. The van der Waals surface area contributed by atoms with Crippen LogP contribution in [0.15, 0.2) is 76.2 Å². The third-order valence-corrected chi connectivity index (χ3v) is 5.30. The summed E-state index contributed by atoms with van der Waals surface area (Å²) in [6.45, 7) is 0.360. The third kappa shape index (κ3) is 4.75. The van der Waals surface area contributed by atoms with E-state index in [9.17, 15) is 18.3 Å². The van der Waals surface area contributed by atoms with E-state index in [1.165, 1.54) is 18.4 Å². The first-order valence-corrected chi connectivity index (χ1v) is 9.61. The van der Waals surface area contributed by atoms with Crippen LogP contribution in [0, 0.1) is 0 Å². The molecule has 0 atom stereocenters.